The zero-order chi connectivity index (χ0) is 38.4. The molecule has 2 heteroatoms. The molecule has 0 amide bonds. The van der Waals surface area contributed by atoms with Crippen molar-refractivity contribution in [2.24, 2.45) is 0 Å². The van der Waals surface area contributed by atoms with Gasteiger partial charge >= 0.3 is 0 Å². The summed E-state index contributed by atoms with van der Waals surface area (Å²) < 4.78 is 6.58. The number of hydrogen-bond donors (Lipinski definition) is 0. The Kier molecular flexibility index (Phi) is 8.19. The molecular formula is C56H37NO. The molecular weight excluding hydrogens is 703 g/mol. The van der Waals surface area contributed by atoms with E-state index in [1.165, 1.54) is 43.8 Å². The van der Waals surface area contributed by atoms with Gasteiger partial charge < -0.3 is 9.32 Å². The Labute approximate surface area is 337 Å². The third-order valence-electron chi connectivity index (χ3n) is 11.4. The molecule has 0 aliphatic carbocycles. The standard InChI is InChI=1S/C56H37NO/c1-3-16-38(17-4-1)40-32-34-41(35-33-40)54-50-27-9-7-24-47(50)48-25-8-10-28-51(48)55(54)57(44-22-13-20-42(36-44)39-18-5-2-6-19-39)45-23-14-21-43(37-45)46-29-15-30-52-49-26-11-12-31-53(49)58-56(46)52/h1-37H. The summed E-state index contributed by atoms with van der Waals surface area (Å²) in [5.41, 5.74) is 14.3. The van der Waals surface area contributed by atoms with Gasteiger partial charge in [-0.15, -0.1) is 0 Å². The highest BCUT2D eigenvalue weighted by atomic mass is 16.3. The second kappa shape index (κ2) is 14.1. The molecule has 0 atom stereocenters. The van der Waals surface area contributed by atoms with E-state index in [4.69, 9.17) is 4.42 Å². The average Bonchev–Trinajstić information content (AvgIpc) is 3.69. The smallest absolute Gasteiger partial charge is 0.143 e. The second-order valence-electron chi connectivity index (χ2n) is 14.8. The number of para-hydroxylation sites is 2. The van der Waals surface area contributed by atoms with Crippen molar-refractivity contribution in [2.45, 2.75) is 0 Å². The predicted octanol–water partition coefficient (Wildman–Crippen LogP) is 16.0. The van der Waals surface area contributed by atoms with Crippen LogP contribution < -0.4 is 4.90 Å². The summed E-state index contributed by atoms with van der Waals surface area (Å²) in [4.78, 5) is 2.48. The van der Waals surface area contributed by atoms with Gasteiger partial charge in [0.2, 0.25) is 0 Å². The molecule has 0 saturated heterocycles. The van der Waals surface area contributed by atoms with Crippen molar-refractivity contribution in [3.63, 3.8) is 0 Å². The summed E-state index contributed by atoms with van der Waals surface area (Å²) in [6, 6.07) is 80.8. The van der Waals surface area contributed by atoms with Gasteiger partial charge in [0.25, 0.3) is 0 Å². The lowest BCUT2D eigenvalue weighted by molar-refractivity contribution is 0.670. The van der Waals surface area contributed by atoms with Crippen LogP contribution in [0, 0.1) is 0 Å². The van der Waals surface area contributed by atoms with Gasteiger partial charge in [0.05, 0.1) is 5.69 Å². The van der Waals surface area contributed by atoms with Gasteiger partial charge in [0.1, 0.15) is 11.2 Å². The van der Waals surface area contributed by atoms with Crippen LogP contribution in [0.4, 0.5) is 17.1 Å². The minimum absolute atomic E-state index is 0.894. The van der Waals surface area contributed by atoms with Crippen LogP contribution in [0.25, 0.3) is 88.0 Å². The molecule has 1 aromatic heterocycles. The van der Waals surface area contributed by atoms with Crippen LogP contribution >= 0.6 is 0 Å². The largest absolute Gasteiger partial charge is 0.455 e. The summed E-state index contributed by atoms with van der Waals surface area (Å²) in [5.74, 6) is 0. The lowest BCUT2D eigenvalue weighted by Crippen LogP contribution is -2.12. The maximum atomic E-state index is 6.58. The number of nitrogens with zero attached hydrogens (tertiary/aromatic N) is 1. The van der Waals surface area contributed by atoms with Gasteiger partial charge in [-0.25, -0.2) is 0 Å². The normalized spacial score (nSPS) is 11.4. The van der Waals surface area contributed by atoms with Crippen LogP contribution in [0.5, 0.6) is 0 Å². The Bertz CT molecular complexity index is 3270. The second-order valence-corrected chi connectivity index (χ2v) is 14.8. The quantitative estimate of drug-likeness (QED) is 0.151. The average molecular weight is 740 g/mol. The van der Waals surface area contributed by atoms with Crippen molar-refractivity contribution >= 4 is 60.5 Å². The minimum atomic E-state index is 0.894. The zero-order valence-corrected chi connectivity index (χ0v) is 31.7. The Morgan fingerprint density at radius 2 is 0.759 bits per heavy atom. The fourth-order valence-corrected chi connectivity index (χ4v) is 8.76. The van der Waals surface area contributed by atoms with Crippen LogP contribution in [-0.2, 0) is 0 Å². The fraction of sp³-hybridized carbons (Fsp3) is 0. The van der Waals surface area contributed by atoms with Crippen LogP contribution in [0.2, 0.25) is 0 Å². The summed E-state index contributed by atoms with van der Waals surface area (Å²) in [5, 5.41) is 7.07. The Hall–Kier alpha value is -7.68. The summed E-state index contributed by atoms with van der Waals surface area (Å²) in [6.45, 7) is 0. The first-order valence-corrected chi connectivity index (χ1v) is 19.8. The van der Waals surface area contributed by atoms with Crippen LogP contribution in [-0.4, -0.2) is 0 Å². The molecule has 0 radical (unpaired) electrons. The Morgan fingerprint density at radius 3 is 1.47 bits per heavy atom. The molecule has 0 N–H and O–H groups in total. The van der Waals surface area contributed by atoms with Crippen LogP contribution in [0.3, 0.4) is 0 Å². The van der Waals surface area contributed by atoms with E-state index in [0.29, 0.717) is 0 Å². The molecule has 10 aromatic carbocycles. The van der Waals surface area contributed by atoms with Gasteiger partial charge in [-0.1, -0.05) is 194 Å². The highest BCUT2D eigenvalue weighted by Crippen LogP contribution is 2.50. The van der Waals surface area contributed by atoms with Crippen molar-refractivity contribution < 1.29 is 4.42 Å². The van der Waals surface area contributed by atoms with Crippen molar-refractivity contribution in [1.29, 1.82) is 0 Å². The molecule has 11 rings (SSSR count). The fourth-order valence-electron chi connectivity index (χ4n) is 8.76. The number of benzene rings is 10. The molecule has 1 heterocycles. The highest BCUT2D eigenvalue weighted by molar-refractivity contribution is 6.22. The topological polar surface area (TPSA) is 16.4 Å². The van der Waals surface area contributed by atoms with E-state index in [0.717, 1.165) is 61.3 Å². The van der Waals surface area contributed by atoms with E-state index >= 15 is 0 Å². The monoisotopic (exact) mass is 739 g/mol. The number of fused-ring (bicyclic) bond motifs is 6. The van der Waals surface area contributed by atoms with Gasteiger partial charge in [-0.05, 0) is 79.9 Å². The number of furan rings is 1. The molecule has 0 spiro atoms. The van der Waals surface area contributed by atoms with Crippen LogP contribution in [0.15, 0.2) is 229 Å². The molecule has 58 heavy (non-hydrogen) atoms. The molecule has 2 nitrogen and oxygen atoms in total. The molecule has 0 aliphatic heterocycles. The minimum Gasteiger partial charge on any atom is -0.455 e. The molecule has 272 valence electrons. The SMILES string of the molecule is c1ccc(-c2ccc(-c3c(N(c4cccc(-c5ccccc5)c4)c4cccc(-c5cccc6c5oc5ccccc56)c4)c4ccccc4c4ccccc34)cc2)cc1. The number of rotatable bonds is 7. The number of hydrogen-bond acceptors (Lipinski definition) is 2. The molecule has 0 unspecified atom stereocenters. The van der Waals surface area contributed by atoms with Crippen molar-refractivity contribution in [2.75, 3.05) is 4.90 Å². The highest BCUT2D eigenvalue weighted by Gasteiger charge is 2.25. The first-order valence-electron chi connectivity index (χ1n) is 19.8. The van der Waals surface area contributed by atoms with Gasteiger partial charge in [-0.2, -0.15) is 0 Å². The first kappa shape index (κ1) is 33.6. The first-order chi connectivity index (χ1) is 28.8. The van der Waals surface area contributed by atoms with E-state index < -0.39 is 0 Å². The lowest BCUT2D eigenvalue weighted by atomic mass is 9.89. The van der Waals surface area contributed by atoms with E-state index in [9.17, 15) is 0 Å². The van der Waals surface area contributed by atoms with Crippen molar-refractivity contribution in [1.82, 2.24) is 0 Å². The molecule has 0 fully saturated rings. The van der Waals surface area contributed by atoms with E-state index in [-0.39, 0.29) is 0 Å². The third kappa shape index (κ3) is 5.74. The van der Waals surface area contributed by atoms with Crippen molar-refractivity contribution in [3.8, 4) is 44.5 Å². The van der Waals surface area contributed by atoms with E-state index in [1.54, 1.807) is 0 Å². The third-order valence-corrected chi connectivity index (χ3v) is 11.4. The summed E-state index contributed by atoms with van der Waals surface area (Å²) in [6.07, 6.45) is 0. The maximum absolute atomic E-state index is 6.58. The molecule has 11 aromatic rings. The zero-order valence-electron chi connectivity index (χ0n) is 31.7. The van der Waals surface area contributed by atoms with E-state index in [2.05, 4.69) is 223 Å². The van der Waals surface area contributed by atoms with Crippen molar-refractivity contribution in [3.05, 3.63) is 224 Å². The molecule has 0 bridgehead atoms. The van der Waals surface area contributed by atoms with Gasteiger partial charge in [0.15, 0.2) is 0 Å². The predicted molar refractivity (Wildman–Crippen MR) is 245 cm³/mol. The summed E-state index contributed by atoms with van der Waals surface area (Å²) >= 11 is 0. The molecule has 0 aliphatic rings. The van der Waals surface area contributed by atoms with E-state index in [1.807, 2.05) is 6.07 Å². The van der Waals surface area contributed by atoms with Gasteiger partial charge in [0, 0.05) is 38.7 Å². The molecule has 0 saturated carbocycles. The Morgan fingerprint density at radius 1 is 0.293 bits per heavy atom. The lowest BCUT2D eigenvalue weighted by Gasteiger charge is -2.31. The Balaban J connectivity index is 1.20. The summed E-state index contributed by atoms with van der Waals surface area (Å²) in [7, 11) is 0. The maximum Gasteiger partial charge on any atom is 0.143 e. The van der Waals surface area contributed by atoms with Gasteiger partial charge in [-0.3, -0.25) is 0 Å². The number of anilines is 3. The van der Waals surface area contributed by atoms with Crippen LogP contribution in [0.1, 0.15) is 0 Å².